The van der Waals surface area contributed by atoms with Crippen molar-refractivity contribution in [3.05, 3.63) is 53.1 Å². The van der Waals surface area contributed by atoms with Gasteiger partial charge in [0, 0.05) is 5.70 Å². The lowest BCUT2D eigenvalue weighted by Gasteiger charge is -2.10. The maximum absolute atomic E-state index is 13.0. The first-order chi connectivity index (χ1) is 8.21. The second-order valence-electron chi connectivity index (χ2n) is 3.48. The first-order valence-electron chi connectivity index (χ1n) is 4.77. The van der Waals surface area contributed by atoms with E-state index in [1.807, 2.05) is 0 Å². The molecule has 0 heterocycles. The van der Waals surface area contributed by atoms with Crippen molar-refractivity contribution in [2.45, 2.75) is 6.18 Å². The number of rotatable bonds is 2. The van der Waals surface area contributed by atoms with Crippen molar-refractivity contribution in [3.8, 4) is 0 Å². The topological polar surface area (TPSA) is 78.1 Å². The summed E-state index contributed by atoms with van der Waals surface area (Å²) in [6, 6.07) is 2.47. The highest BCUT2D eigenvalue weighted by molar-refractivity contribution is 5.65. The molecule has 7 heteroatoms. The normalized spacial score (nSPS) is 12.3. The van der Waals surface area contributed by atoms with Crippen molar-refractivity contribution in [1.29, 1.82) is 0 Å². The van der Waals surface area contributed by atoms with E-state index in [4.69, 9.17) is 17.2 Å². The summed E-state index contributed by atoms with van der Waals surface area (Å²) in [5.74, 6) is -1.40. The van der Waals surface area contributed by atoms with Crippen LogP contribution in [0.25, 0.3) is 5.70 Å². The van der Waals surface area contributed by atoms with Gasteiger partial charge in [-0.2, -0.15) is 13.2 Å². The van der Waals surface area contributed by atoms with E-state index in [1.165, 1.54) is 12.2 Å². The summed E-state index contributed by atoms with van der Waals surface area (Å²) in [5.41, 5.74) is 14.5. The third-order valence-electron chi connectivity index (χ3n) is 2.06. The lowest BCUT2D eigenvalue weighted by molar-refractivity contribution is -0.140. The van der Waals surface area contributed by atoms with E-state index in [0.29, 0.717) is 12.1 Å². The van der Waals surface area contributed by atoms with Crippen LogP contribution < -0.4 is 17.2 Å². The van der Waals surface area contributed by atoms with Gasteiger partial charge in [0.2, 0.25) is 0 Å². The van der Waals surface area contributed by atoms with Crippen LogP contribution in [-0.2, 0) is 6.18 Å². The summed E-state index contributed by atoms with van der Waals surface area (Å²) < 4.78 is 50.4. The van der Waals surface area contributed by atoms with Crippen molar-refractivity contribution in [2.75, 3.05) is 0 Å². The summed E-state index contributed by atoms with van der Waals surface area (Å²) in [6.07, 6.45) is -2.31. The molecule has 0 aliphatic heterocycles. The van der Waals surface area contributed by atoms with Crippen LogP contribution in [0.1, 0.15) is 11.1 Å². The standard InChI is InChI=1S/C11H11F4N3/c12-8-2-1-6(5-7(8)11(13,14)15)9(16)3-4-10(17)18/h1-5H,16-18H2/b9-3-. The zero-order chi connectivity index (χ0) is 13.9. The molecular weight excluding hydrogens is 250 g/mol. The lowest BCUT2D eigenvalue weighted by atomic mass is 10.1. The minimum absolute atomic E-state index is 0.00565. The fraction of sp³-hybridized carbons (Fsp3) is 0.0909. The molecule has 1 aromatic carbocycles. The molecule has 0 unspecified atom stereocenters. The summed E-state index contributed by atoms with van der Waals surface area (Å²) in [4.78, 5) is 0. The Bertz CT molecular complexity index is 500. The van der Waals surface area contributed by atoms with Gasteiger partial charge in [0.1, 0.15) is 5.82 Å². The van der Waals surface area contributed by atoms with Gasteiger partial charge in [-0.25, -0.2) is 4.39 Å². The SMILES string of the molecule is NC(N)=C/C=C(\N)c1ccc(F)c(C(F)(F)F)c1. The van der Waals surface area contributed by atoms with E-state index in [0.717, 1.165) is 6.07 Å². The second-order valence-corrected chi connectivity index (χ2v) is 3.48. The Balaban J connectivity index is 3.21. The molecule has 0 saturated heterocycles. The van der Waals surface area contributed by atoms with Gasteiger partial charge >= 0.3 is 6.18 Å². The van der Waals surface area contributed by atoms with Crippen LogP contribution in [0, 0.1) is 5.82 Å². The molecule has 0 spiro atoms. The van der Waals surface area contributed by atoms with E-state index < -0.39 is 17.6 Å². The van der Waals surface area contributed by atoms with E-state index in [2.05, 4.69) is 0 Å². The number of allylic oxidation sites excluding steroid dienone is 2. The second kappa shape index (κ2) is 4.99. The summed E-state index contributed by atoms with van der Waals surface area (Å²) in [6.45, 7) is 0. The van der Waals surface area contributed by atoms with Crippen LogP contribution in [0.4, 0.5) is 17.6 Å². The molecule has 6 N–H and O–H groups in total. The van der Waals surface area contributed by atoms with Gasteiger partial charge in [-0.05, 0) is 35.9 Å². The molecule has 0 saturated carbocycles. The number of nitrogens with two attached hydrogens (primary N) is 3. The number of hydrogen-bond acceptors (Lipinski definition) is 3. The predicted molar refractivity (Wildman–Crippen MR) is 60.0 cm³/mol. The highest BCUT2D eigenvalue weighted by Gasteiger charge is 2.34. The number of halogens is 4. The van der Waals surface area contributed by atoms with Crippen molar-refractivity contribution in [1.82, 2.24) is 0 Å². The van der Waals surface area contributed by atoms with Gasteiger partial charge in [-0.15, -0.1) is 0 Å². The molecule has 0 atom stereocenters. The fourth-order valence-electron chi connectivity index (χ4n) is 1.20. The Morgan fingerprint density at radius 2 is 1.67 bits per heavy atom. The molecule has 0 aliphatic carbocycles. The number of alkyl halides is 3. The molecule has 0 radical (unpaired) electrons. The molecule has 0 aromatic heterocycles. The lowest BCUT2D eigenvalue weighted by Crippen LogP contribution is -2.10. The molecule has 3 nitrogen and oxygen atoms in total. The third kappa shape index (κ3) is 3.41. The van der Waals surface area contributed by atoms with Gasteiger partial charge in [0.15, 0.2) is 0 Å². The Morgan fingerprint density at radius 3 is 2.17 bits per heavy atom. The van der Waals surface area contributed by atoms with Crippen molar-refractivity contribution < 1.29 is 17.6 Å². The van der Waals surface area contributed by atoms with Crippen LogP contribution in [0.3, 0.4) is 0 Å². The predicted octanol–water partition coefficient (Wildman–Crippen LogP) is 1.90. The molecule has 18 heavy (non-hydrogen) atoms. The van der Waals surface area contributed by atoms with Gasteiger partial charge in [-0.3, -0.25) is 0 Å². The van der Waals surface area contributed by atoms with E-state index in [9.17, 15) is 17.6 Å². The van der Waals surface area contributed by atoms with Gasteiger partial charge in [-0.1, -0.05) is 0 Å². The van der Waals surface area contributed by atoms with Gasteiger partial charge in [0.05, 0.1) is 11.4 Å². The van der Waals surface area contributed by atoms with Crippen molar-refractivity contribution >= 4 is 5.70 Å². The van der Waals surface area contributed by atoms with Crippen LogP contribution in [-0.4, -0.2) is 0 Å². The molecule has 0 amide bonds. The Labute approximate surface area is 101 Å². The van der Waals surface area contributed by atoms with E-state index in [-0.39, 0.29) is 17.1 Å². The minimum Gasteiger partial charge on any atom is -0.398 e. The summed E-state index contributed by atoms with van der Waals surface area (Å²) in [7, 11) is 0. The average Bonchev–Trinajstić information content (AvgIpc) is 2.24. The molecule has 0 aliphatic rings. The van der Waals surface area contributed by atoms with Crippen molar-refractivity contribution in [3.63, 3.8) is 0 Å². The monoisotopic (exact) mass is 261 g/mol. The van der Waals surface area contributed by atoms with E-state index >= 15 is 0 Å². The largest absolute Gasteiger partial charge is 0.419 e. The van der Waals surface area contributed by atoms with Crippen LogP contribution in [0.15, 0.2) is 36.2 Å². The van der Waals surface area contributed by atoms with Gasteiger partial charge < -0.3 is 17.2 Å². The first-order valence-corrected chi connectivity index (χ1v) is 4.77. The van der Waals surface area contributed by atoms with Crippen LogP contribution in [0.2, 0.25) is 0 Å². The highest BCUT2D eigenvalue weighted by atomic mass is 19.4. The summed E-state index contributed by atoms with van der Waals surface area (Å²) >= 11 is 0. The quantitative estimate of drug-likeness (QED) is 0.562. The van der Waals surface area contributed by atoms with Crippen LogP contribution in [0.5, 0.6) is 0 Å². The number of benzene rings is 1. The Morgan fingerprint density at radius 1 is 1.06 bits per heavy atom. The maximum atomic E-state index is 13.0. The van der Waals surface area contributed by atoms with Gasteiger partial charge in [0.25, 0.3) is 0 Å². The Hall–Kier alpha value is -2.18. The zero-order valence-electron chi connectivity index (χ0n) is 9.13. The Kier molecular flexibility index (Phi) is 3.85. The summed E-state index contributed by atoms with van der Waals surface area (Å²) in [5, 5.41) is 0. The number of hydrogen-bond donors (Lipinski definition) is 3. The molecule has 0 fully saturated rings. The van der Waals surface area contributed by atoms with Crippen molar-refractivity contribution in [2.24, 2.45) is 17.2 Å². The smallest absolute Gasteiger partial charge is 0.398 e. The first kappa shape index (κ1) is 13.9. The maximum Gasteiger partial charge on any atom is 0.419 e. The van der Waals surface area contributed by atoms with E-state index in [1.54, 1.807) is 0 Å². The third-order valence-corrected chi connectivity index (χ3v) is 2.06. The molecule has 1 aromatic rings. The molecule has 1 rings (SSSR count). The van der Waals surface area contributed by atoms with Crippen LogP contribution >= 0.6 is 0 Å². The fourth-order valence-corrected chi connectivity index (χ4v) is 1.20. The molecule has 98 valence electrons. The highest BCUT2D eigenvalue weighted by Crippen LogP contribution is 2.32. The molecular formula is C11H11F4N3. The zero-order valence-corrected chi connectivity index (χ0v) is 9.13. The molecule has 0 bridgehead atoms. The minimum atomic E-state index is -4.77. The average molecular weight is 261 g/mol.